The second kappa shape index (κ2) is 5.91. The van der Waals surface area contributed by atoms with Gasteiger partial charge in [0.15, 0.2) is 0 Å². The number of aromatic nitrogens is 2. The highest BCUT2D eigenvalue weighted by molar-refractivity contribution is 7.07. The summed E-state index contributed by atoms with van der Waals surface area (Å²) in [5.41, 5.74) is 3.88. The van der Waals surface area contributed by atoms with Gasteiger partial charge in [-0.2, -0.15) is 11.3 Å². The molecule has 2 aromatic heterocycles. The van der Waals surface area contributed by atoms with E-state index in [1.165, 1.54) is 5.56 Å². The number of aliphatic hydroxyl groups excluding tert-OH is 1. The van der Waals surface area contributed by atoms with Crippen LogP contribution in [0.1, 0.15) is 34.6 Å². The minimum Gasteiger partial charge on any atom is -0.391 e. The maximum absolute atomic E-state index is 13.3. The predicted molar refractivity (Wildman–Crippen MR) is 108 cm³/mol. The van der Waals surface area contributed by atoms with E-state index < -0.39 is 0 Å². The third-order valence-electron chi connectivity index (χ3n) is 7.22. The van der Waals surface area contributed by atoms with Crippen molar-refractivity contribution in [1.82, 2.24) is 14.5 Å². The Morgan fingerprint density at radius 3 is 2.96 bits per heavy atom. The zero-order chi connectivity index (χ0) is 19.0. The molecule has 2 saturated carbocycles. The van der Waals surface area contributed by atoms with Crippen molar-refractivity contribution in [3.8, 4) is 0 Å². The topological polar surface area (TPSA) is 58.4 Å². The molecule has 3 fully saturated rings. The number of hydrogen-bond acceptors (Lipinski definition) is 4. The number of fused-ring (bicyclic) bond motifs is 2. The van der Waals surface area contributed by atoms with Gasteiger partial charge in [0.25, 0.3) is 5.91 Å². The first-order valence-electron chi connectivity index (χ1n) is 10.1. The summed E-state index contributed by atoms with van der Waals surface area (Å²) in [4.78, 5) is 19.9. The number of amides is 1. The standard InChI is InChI=1S/C22H23N3O2S/c1-12-23-18-8-14(2-3-19(18)24(12)9-13-4-5-28-11-13)22(27)25-10-16-6-15-7-17(16)20(25)21(15)26/h2-5,8,11,15-17,20-21,26H,6-7,9-10H2,1H3. The molecule has 3 heterocycles. The zero-order valence-electron chi connectivity index (χ0n) is 15.8. The van der Waals surface area contributed by atoms with E-state index in [1.54, 1.807) is 11.3 Å². The third kappa shape index (κ3) is 2.28. The van der Waals surface area contributed by atoms with Gasteiger partial charge in [-0.15, -0.1) is 0 Å². The summed E-state index contributed by atoms with van der Waals surface area (Å²) < 4.78 is 2.20. The number of carbonyl (C=O) groups is 1. The summed E-state index contributed by atoms with van der Waals surface area (Å²) in [5.74, 6) is 2.48. The van der Waals surface area contributed by atoms with Crippen LogP contribution in [0.5, 0.6) is 0 Å². The monoisotopic (exact) mass is 393 g/mol. The molecule has 6 heteroatoms. The number of thiophene rings is 1. The van der Waals surface area contributed by atoms with E-state index in [1.807, 2.05) is 30.0 Å². The molecule has 28 heavy (non-hydrogen) atoms. The van der Waals surface area contributed by atoms with Gasteiger partial charge in [-0.05, 0) is 78.1 Å². The summed E-state index contributed by atoms with van der Waals surface area (Å²) in [6.07, 6.45) is 1.83. The van der Waals surface area contributed by atoms with Crippen LogP contribution in [0.15, 0.2) is 35.0 Å². The minimum absolute atomic E-state index is 0.0184. The Kier molecular flexibility index (Phi) is 3.53. The van der Waals surface area contributed by atoms with Gasteiger partial charge >= 0.3 is 0 Å². The second-order valence-corrected chi connectivity index (χ2v) is 9.45. The number of benzene rings is 1. The second-order valence-electron chi connectivity index (χ2n) is 8.67. The fraction of sp³-hybridized carbons (Fsp3) is 0.455. The lowest BCUT2D eigenvalue weighted by Crippen LogP contribution is -2.43. The first-order valence-corrected chi connectivity index (χ1v) is 11.0. The molecule has 5 nitrogen and oxygen atoms in total. The molecule has 2 bridgehead atoms. The molecule has 0 radical (unpaired) electrons. The van der Waals surface area contributed by atoms with E-state index in [0.29, 0.717) is 23.3 Å². The SMILES string of the molecule is Cc1nc2cc(C(=O)N3CC4CC5CC4C3C5O)ccc2n1Cc1ccsc1. The van der Waals surface area contributed by atoms with Crippen molar-refractivity contribution in [3.05, 3.63) is 52.0 Å². The van der Waals surface area contributed by atoms with Crippen molar-refractivity contribution in [2.75, 3.05) is 6.54 Å². The average molecular weight is 394 g/mol. The van der Waals surface area contributed by atoms with Gasteiger partial charge in [-0.1, -0.05) is 0 Å². The summed E-state index contributed by atoms with van der Waals surface area (Å²) in [7, 11) is 0. The lowest BCUT2D eigenvalue weighted by molar-refractivity contribution is 0.0402. The van der Waals surface area contributed by atoms with Gasteiger partial charge in [-0.3, -0.25) is 4.79 Å². The molecule has 5 unspecified atom stereocenters. The van der Waals surface area contributed by atoms with E-state index in [0.717, 1.165) is 42.8 Å². The van der Waals surface area contributed by atoms with Gasteiger partial charge < -0.3 is 14.6 Å². The minimum atomic E-state index is -0.344. The van der Waals surface area contributed by atoms with Crippen LogP contribution in [-0.4, -0.2) is 44.2 Å². The number of aliphatic hydroxyl groups is 1. The van der Waals surface area contributed by atoms with Crippen LogP contribution in [0.4, 0.5) is 0 Å². The van der Waals surface area contributed by atoms with Crippen LogP contribution >= 0.6 is 11.3 Å². The molecule has 1 saturated heterocycles. The fourth-order valence-electron chi connectivity index (χ4n) is 5.96. The van der Waals surface area contributed by atoms with Crippen molar-refractivity contribution in [2.24, 2.45) is 17.8 Å². The largest absolute Gasteiger partial charge is 0.391 e. The molecule has 1 aromatic carbocycles. The van der Waals surface area contributed by atoms with Gasteiger partial charge in [0.2, 0.25) is 0 Å². The lowest BCUT2D eigenvalue weighted by atomic mass is 9.88. The molecule has 6 rings (SSSR count). The maximum Gasteiger partial charge on any atom is 0.254 e. The summed E-state index contributed by atoms with van der Waals surface area (Å²) in [6.45, 7) is 3.61. The fourth-order valence-corrected chi connectivity index (χ4v) is 6.62. The number of hydrogen-bond donors (Lipinski definition) is 1. The van der Waals surface area contributed by atoms with Crippen molar-refractivity contribution in [3.63, 3.8) is 0 Å². The van der Waals surface area contributed by atoms with Crippen molar-refractivity contribution >= 4 is 28.3 Å². The van der Waals surface area contributed by atoms with Crippen LogP contribution in [0.25, 0.3) is 11.0 Å². The van der Waals surface area contributed by atoms with Gasteiger partial charge in [0.05, 0.1) is 29.7 Å². The van der Waals surface area contributed by atoms with Crippen molar-refractivity contribution < 1.29 is 9.90 Å². The number of rotatable bonds is 3. The van der Waals surface area contributed by atoms with Crippen LogP contribution < -0.4 is 0 Å². The smallest absolute Gasteiger partial charge is 0.254 e. The molecule has 144 valence electrons. The number of imidazole rings is 1. The molecule has 3 aromatic rings. The number of likely N-dealkylation sites (tertiary alicyclic amines) is 1. The zero-order valence-corrected chi connectivity index (χ0v) is 16.6. The van der Waals surface area contributed by atoms with E-state index >= 15 is 0 Å². The first kappa shape index (κ1) is 16.7. The Labute approximate surface area is 167 Å². The van der Waals surface area contributed by atoms with Gasteiger partial charge in [0, 0.05) is 12.1 Å². The molecule has 1 aliphatic heterocycles. The number of nitrogens with zero attached hydrogens (tertiary/aromatic N) is 3. The normalized spacial score (nSPS) is 30.6. The number of aryl methyl sites for hydroxylation is 1. The van der Waals surface area contributed by atoms with Gasteiger partial charge in [-0.25, -0.2) is 4.98 Å². The summed E-state index contributed by atoms with van der Waals surface area (Å²) in [6, 6.07) is 8.02. The molecule has 0 spiro atoms. The van der Waals surface area contributed by atoms with Crippen LogP contribution in [0.3, 0.4) is 0 Å². The van der Waals surface area contributed by atoms with E-state index in [4.69, 9.17) is 4.98 Å². The highest BCUT2D eigenvalue weighted by Gasteiger charge is 2.59. The van der Waals surface area contributed by atoms with Crippen LogP contribution in [-0.2, 0) is 6.54 Å². The van der Waals surface area contributed by atoms with Crippen LogP contribution in [0, 0.1) is 24.7 Å². The molecule has 5 atom stereocenters. The Morgan fingerprint density at radius 1 is 1.29 bits per heavy atom. The van der Waals surface area contributed by atoms with Crippen molar-refractivity contribution in [1.29, 1.82) is 0 Å². The molecule has 3 aliphatic rings. The lowest BCUT2D eigenvalue weighted by Gasteiger charge is -2.29. The number of carbonyl (C=O) groups excluding carboxylic acids is 1. The van der Waals surface area contributed by atoms with Crippen molar-refractivity contribution in [2.45, 2.75) is 38.5 Å². The first-order chi connectivity index (χ1) is 13.6. The summed E-state index contributed by atoms with van der Waals surface area (Å²) in [5, 5.41) is 14.8. The molecule has 1 N–H and O–H groups in total. The Morgan fingerprint density at radius 2 is 2.18 bits per heavy atom. The molecule has 2 aliphatic carbocycles. The summed E-state index contributed by atoms with van der Waals surface area (Å²) >= 11 is 1.70. The van der Waals surface area contributed by atoms with E-state index in [9.17, 15) is 9.90 Å². The molecular formula is C22H23N3O2S. The maximum atomic E-state index is 13.3. The average Bonchev–Trinajstić information content (AvgIpc) is 3.46. The Hall–Kier alpha value is -2.18. The third-order valence-corrected chi connectivity index (χ3v) is 7.95. The highest BCUT2D eigenvalue weighted by atomic mass is 32.1. The van der Waals surface area contributed by atoms with E-state index in [-0.39, 0.29) is 18.1 Å². The van der Waals surface area contributed by atoms with Gasteiger partial charge in [0.1, 0.15) is 5.82 Å². The van der Waals surface area contributed by atoms with E-state index in [2.05, 4.69) is 21.4 Å². The molecular weight excluding hydrogens is 370 g/mol. The molecule has 1 amide bonds. The quantitative estimate of drug-likeness (QED) is 0.743. The van der Waals surface area contributed by atoms with Crippen LogP contribution in [0.2, 0.25) is 0 Å². The Bertz CT molecular complexity index is 1070. The highest BCUT2D eigenvalue weighted by Crippen LogP contribution is 2.55. The predicted octanol–water partition coefficient (Wildman–Crippen LogP) is 3.30. The Balaban J connectivity index is 1.33.